The standard InChI is InChI=1S/C21H24IN3O5/c1-4-30-18-12-14(11-15(22)21(18)29-3)13-23-25-20(27)10-9-19(26)24-16-7-5-6-8-17(16)28-2/h5-8,11-13H,4,9-10H2,1-3H3,(H,24,26)(H,25,27). The summed E-state index contributed by atoms with van der Waals surface area (Å²) in [5, 5.41) is 6.68. The first-order valence-electron chi connectivity index (χ1n) is 9.23. The fourth-order valence-corrected chi connectivity index (χ4v) is 3.39. The highest BCUT2D eigenvalue weighted by atomic mass is 127. The molecule has 0 saturated heterocycles. The van der Waals surface area contributed by atoms with Crippen molar-refractivity contribution in [2.24, 2.45) is 5.10 Å². The van der Waals surface area contributed by atoms with Gasteiger partial charge in [0, 0.05) is 12.8 Å². The highest BCUT2D eigenvalue weighted by Crippen LogP contribution is 2.33. The lowest BCUT2D eigenvalue weighted by molar-refractivity contribution is -0.124. The first-order valence-corrected chi connectivity index (χ1v) is 10.3. The molecular formula is C21H24IN3O5. The zero-order chi connectivity index (χ0) is 21.9. The van der Waals surface area contributed by atoms with Crippen molar-refractivity contribution in [2.75, 3.05) is 26.1 Å². The largest absolute Gasteiger partial charge is 0.495 e. The van der Waals surface area contributed by atoms with Crippen LogP contribution in [0, 0.1) is 3.57 Å². The number of hydrogen-bond acceptors (Lipinski definition) is 6. The van der Waals surface area contributed by atoms with E-state index in [4.69, 9.17) is 14.2 Å². The molecule has 0 aliphatic rings. The second-order valence-electron chi connectivity index (χ2n) is 6.01. The summed E-state index contributed by atoms with van der Waals surface area (Å²) in [6.45, 7) is 2.39. The Hall–Kier alpha value is -2.82. The number of nitrogens with one attached hydrogen (secondary N) is 2. The summed E-state index contributed by atoms with van der Waals surface area (Å²) in [5.74, 6) is 1.16. The summed E-state index contributed by atoms with van der Waals surface area (Å²) >= 11 is 2.14. The summed E-state index contributed by atoms with van der Waals surface area (Å²) in [4.78, 5) is 24.0. The van der Waals surface area contributed by atoms with E-state index in [1.165, 1.54) is 13.3 Å². The van der Waals surface area contributed by atoms with E-state index in [2.05, 4.69) is 38.4 Å². The molecule has 0 heterocycles. The number of benzene rings is 2. The molecule has 2 N–H and O–H groups in total. The van der Waals surface area contributed by atoms with Crippen LogP contribution in [0.3, 0.4) is 0 Å². The van der Waals surface area contributed by atoms with Crippen molar-refractivity contribution in [1.29, 1.82) is 0 Å². The Morgan fingerprint density at radius 3 is 2.50 bits per heavy atom. The van der Waals surface area contributed by atoms with Gasteiger partial charge in [-0.1, -0.05) is 12.1 Å². The van der Waals surface area contributed by atoms with Crippen LogP contribution >= 0.6 is 22.6 Å². The first kappa shape index (κ1) is 23.5. The number of hydrogen-bond donors (Lipinski definition) is 2. The van der Waals surface area contributed by atoms with Gasteiger partial charge in [-0.2, -0.15) is 5.10 Å². The molecule has 30 heavy (non-hydrogen) atoms. The monoisotopic (exact) mass is 525 g/mol. The van der Waals surface area contributed by atoms with Crippen LogP contribution in [0.15, 0.2) is 41.5 Å². The van der Waals surface area contributed by atoms with Gasteiger partial charge < -0.3 is 19.5 Å². The van der Waals surface area contributed by atoms with Gasteiger partial charge in [-0.05, 0) is 59.3 Å². The minimum atomic E-state index is -0.366. The Balaban J connectivity index is 1.87. The van der Waals surface area contributed by atoms with E-state index < -0.39 is 0 Å². The van der Waals surface area contributed by atoms with Crippen molar-refractivity contribution in [2.45, 2.75) is 19.8 Å². The quantitative estimate of drug-likeness (QED) is 0.281. The zero-order valence-corrected chi connectivity index (χ0v) is 19.2. The number of para-hydroxylation sites is 2. The van der Waals surface area contributed by atoms with Gasteiger partial charge in [-0.3, -0.25) is 9.59 Å². The van der Waals surface area contributed by atoms with Crippen LogP contribution in [0.4, 0.5) is 5.69 Å². The lowest BCUT2D eigenvalue weighted by Gasteiger charge is -2.11. The Bertz CT molecular complexity index is 918. The smallest absolute Gasteiger partial charge is 0.240 e. The maximum absolute atomic E-state index is 12.1. The third-order valence-corrected chi connectivity index (χ3v) is 4.70. The number of carbonyl (C=O) groups excluding carboxylic acids is 2. The molecule has 2 rings (SSSR count). The molecule has 2 amide bonds. The van der Waals surface area contributed by atoms with Crippen molar-refractivity contribution < 1.29 is 23.8 Å². The van der Waals surface area contributed by atoms with Gasteiger partial charge in [0.15, 0.2) is 11.5 Å². The second kappa shape index (κ2) is 12.0. The summed E-state index contributed by atoms with van der Waals surface area (Å²) in [5.41, 5.74) is 3.73. The molecule has 0 spiro atoms. The van der Waals surface area contributed by atoms with Crippen LogP contribution in [-0.4, -0.2) is 38.9 Å². The van der Waals surface area contributed by atoms with Gasteiger partial charge in [-0.25, -0.2) is 5.43 Å². The third kappa shape index (κ3) is 6.90. The van der Waals surface area contributed by atoms with E-state index in [1.807, 2.05) is 13.0 Å². The summed E-state index contributed by atoms with van der Waals surface area (Å²) in [6, 6.07) is 10.7. The average molecular weight is 525 g/mol. The predicted molar refractivity (Wildman–Crippen MR) is 123 cm³/mol. The summed E-state index contributed by atoms with van der Waals surface area (Å²) in [6.07, 6.45) is 1.54. The number of anilines is 1. The number of ether oxygens (including phenoxy) is 3. The van der Waals surface area contributed by atoms with E-state index in [0.29, 0.717) is 29.5 Å². The van der Waals surface area contributed by atoms with Gasteiger partial charge in [0.2, 0.25) is 11.8 Å². The van der Waals surface area contributed by atoms with Gasteiger partial charge in [0.1, 0.15) is 5.75 Å². The molecule has 0 atom stereocenters. The van der Waals surface area contributed by atoms with Crippen LogP contribution in [0.1, 0.15) is 25.3 Å². The van der Waals surface area contributed by atoms with Crippen LogP contribution in [-0.2, 0) is 9.59 Å². The lowest BCUT2D eigenvalue weighted by atomic mass is 10.2. The summed E-state index contributed by atoms with van der Waals surface area (Å²) in [7, 11) is 3.11. The van der Waals surface area contributed by atoms with E-state index >= 15 is 0 Å². The maximum Gasteiger partial charge on any atom is 0.240 e. The molecular weight excluding hydrogens is 501 g/mol. The number of rotatable bonds is 10. The minimum absolute atomic E-state index is 0.00264. The molecule has 0 fully saturated rings. The number of hydrazone groups is 1. The second-order valence-corrected chi connectivity index (χ2v) is 7.17. The van der Waals surface area contributed by atoms with Crippen molar-refractivity contribution in [3.8, 4) is 17.2 Å². The van der Waals surface area contributed by atoms with E-state index in [0.717, 1.165) is 9.13 Å². The number of nitrogens with zero attached hydrogens (tertiary/aromatic N) is 1. The van der Waals surface area contributed by atoms with E-state index in [-0.39, 0.29) is 24.7 Å². The Morgan fingerprint density at radius 1 is 1.07 bits per heavy atom. The Kier molecular flexibility index (Phi) is 9.39. The fourth-order valence-electron chi connectivity index (χ4n) is 2.55. The highest BCUT2D eigenvalue weighted by Gasteiger charge is 2.11. The van der Waals surface area contributed by atoms with Crippen LogP contribution in [0.2, 0.25) is 0 Å². The van der Waals surface area contributed by atoms with Crippen molar-refractivity contribution >= 4 is 46.3 Å². The molecule has 0 aliphatic carbocycles. The van der Waals surface area contributed by atoms with Gasteiger partial charge >= 0.3 is 0 Å². The number of amides is 2. The molecule has 0 saturated carbocycles. The first-order chi connectivity index (χ1) is 14.5. The van der Waals surface area contributed by atoms with Crippen LogP contribution < -0.4 is 25.0 Å². The number of carbonyl (C=O) groups is 2. The Morgan fingerprint density at radius 2 is 1.80 bits per heavy atom. The Labute approximate surface area is 189 Å². The van der Waals surface area contributed by atoms with Gasteiger partial charge in [0.25, 0.3) is 0 Å². The average Bonchev–Trinajstić information content (AvgIpc) is 2.73. The summed E-state index contributed by atoms with van der Waals surface area (Å²) < 4.78 is 17.0. The minimum Gasteiger partial charge on any atom is -0.495 e. The van der Waals surface area contributed by atoms with E-state index in [9.17, 15) is 9.59 Å². The van der Waals surface area contributed by atoms with Crippen molar-refractivity contribution in [1.82, 2.24) is 5.43 Å². The molecule has 8 nitrogen and oxygen atoms in total. The SMILES string of the molecule is CCOc1cc(C=NNC(=O)CCC(=O)Nc2ccccc2OC)cc(I)c1OC. The highest BCUT2D eigenvalue weighted by molar-refractivity contribution is 14.1. The van der Waals surface area contributed by atoms with Crippen molar-refractivity contribution in [3.05, 3.63) is 45.5 Å². The molecule has 2 aromatic rings. The lowest BCUT2D eigenvalue weighted by Crippen LogP contribution is -2.20. The molecule has 160 valence electrons. The van der Waals surface area contributed by atoms with Crippen LogP contribution in [0.5, 0.6) is 17.2 Å². The molecule has 0 aromatic heterocycles. The predicted octanol–water partition coefficient (Wildman–Crippen LogP) is 3.58. The topological polar surface area (TPSA) is 98.2 Å². The normalized spacial score (nSPS) is 10.5. The molecule has 0 bridgehead atoms. The number of halogens is 1. The molecule has 0 unspecified atom stereocenters. The molecule has 0 radical (unpaired) electrons. The maximum atomic E-state index is 12.1. The zero-order valence-electron chi connectivity index (χ0n) is 17.0. The van der Waals surface area contributed by atoms with E-state index in [1.54, 1.807) is 37.4 Å². The molecule has 2 aromatic carbocycles. The number of methoxy groups -OCH3 is 2. The van der Waals surface area contributed by atoms with Crippen LogP contribution in [0.25, 0.3) is 0 Å². The third-order valence-electron chi connectivity index (χ3n) is 3.90. The molecule has 9 heteroatoms. The molecule has 0 aliphatic heterocycles. The fraction of sp³-hybridized carbons (Fsp3) is 0.286. The van der Waals surface area contributed by atoms with Crippen molar-refractivity contribution in [3.63, 3.8) is 0 Å². The van der Waals surface area contributed by atoms with Gasteiger partial charge in [0.05, 0.1) is 36.3 Å². The van der Waals surface area contributed by atoms with Gasteiger partial charge in [-0.15, -0.1) is 0 Å².